The Morgan fingerprint density at radius 1 is 1.29 bits per heavy atom. The first-order chi connectivity index (χ1) is 9.60. The molecule has 0 radical (unpaired) electrons. The zero-order valence-electron chi connectivity index (χ0n) is 12.1. The largest absolute Gasteiger partial charge is 0.480 e. The van der Waals surface area contributed by atoms with Gasteiger partial charge in [-0.25, -0.2) is 4.79 Å². The smallest absolute Gasteiger partial charge is 0.406 e. The SMILES string of the molecule is CC1CCCC(NC(=O)N(CC(=O)O)CC(F)(F)F)C1C. The van der Waals surface area contributed by atoms with Gasteiger partial charge >= 0.3 is 18.2 Å². The van der Waals surface area contributed by atoms with Crippen LogP contribution in [0, 0.1) is 11.8 Å². The molecule has 0 aromatic carbocycles. The summed E-state index contributed by atoms with van der Waals surface area (Å²) in [5, 5.41) is 11.2. The maximum Gasteiger partial charge on any atom is 0.406 e. The second kappa shape index (κ2) is 7.00. The van der Waals surface area contributed by atoms with Crippen LogP contribution in [0.4, 0.5) is 18.0 Å². The number of rotatable bonds is 4. The lowest BCUT2D eigenvalue weighted by atomic mass is 9.78. The van der Waals surface area contributed by atoms with E-state index in [1.54, 1.807) is 0 Å². The van der Waals surface area contributed by atoms with Crippen molar-refractivity contribution in [3.05, 3.63) is 0 Å². The molecule has 1 saturated carbocycles. The van der Waals surface area contributed by atoms with Crippen LogP contribution in [0.25, 0.3) is 0 Å². The number of carboxylic acid groups (broad SMARTS) is 1. The van der Waals surface area contributed by atoms with Crippen LogP contribution in [0.3, 0.4) is 0 Å². The van der Waals surface area contributed by atoms with Crippen molar-refractivity contribution in [2.24, 2.45) is 11.8 Å². The third-order valence-electron chi connectivity index (χ3n) is 4.00. The Labute approximate surface area is 121 Å². The number of carboxylic acids is 1. The number of aliphatic carboxylic acids is 1. The summed E-state index contributed by atoms with van der Waals surface area (Å²) in [6.45, 7) is 1.44. The first-order valence-electron chi connectivity index (χ1n) is 6.94. The van der Waals surface area contributed by atoms with Crippen LogP contribution in [-0.4, -0.2) is 47.3 Å². The van der Waals surface area contributed by atoms with E-state index in [1.807, 2.05) is 13.8 Å². The molecule has 1 fully saturated rings. The van der Waals surface area contributed by atoms with Gasteiger partial charge in [-0.1, -0.05) is 26.7 Å². The van der Waals surface area contributed by atoms with Gasteiger partial charge in [-0.3, -0.25) is 4.79 Å². The van der Waals surface area contributed by atoms with Gasteiger partial charge in [0.05, 0.1) is 0 Å². The Kier molecular flexibility index (Phi) is 5.86. The van der Waals surface area contributed by atoms with Crippen molar-refractivity contribution >= 4 is 12.0 Å². The van der Waals surface area contributed by atoms with Crippen molar-refractivity contribution in [1.29, 1.82) is 0 Å². The highest BCUT2D eigenvalue weighted by atomic mass is 19.4. The predicted octanol–water partition coefficient (Wildman–Crippen LogP) is 2.47. The standard InChI is InChI=1S/C13H21F3N2O3/c1-8-4-3-5-10(9(8)2)17-12(21)18(6-11(19)20)7-13(14,15)16/h8-10H,3-7H2,1-2H3,(H,17,21)(H,19,20). The van der Waals surface area contributed by atoms with Crippen molar-refractivity contribution in [1.82, 2.24) is 10.2 Å². The van der Waals surface area contributed by atoms with Gasteiger partial charge in [0.2, 0.25) is 0 Å². The van der Waals surface area contributed by atoms with Crippen LogP contribution in [0.15, 0.2) is 0 Å². The van der Waals surface area contributed by atoms with Crippen LogP contribution in [0.1, 0.15) is 33.1 Å². The van der Waals surface area contributed by atoms with Gasteiger partial charge in [0.25, 0.3) is 0 Å². The Morgan fingerprint density at radius 3 is 2.43 bits per heavy atom. The molecule has 0 aromatic rings. The van der Waals surface area contributed by atoms with Crippen molar-refractivity contribution in [2.45, 2.75) is 45.3 Å². The topological polar surface area (TPSA) is 69.6 Å². The average molecular weight is 310 g/mol. The fraction of sp³-hybridized carbons (Fsp3) is 0.846. The molecule has 21 heavy (non-hydrogen) atoms. The first-order valence-corrected chi connectivity index (χ1v) is 6.94. The zero-order valence-corrected chi connectivity index (χ0v) is 12.1. The van der Waals surface area contributed by atoms with Gasteiger partial charge in [0.15, 0.2) is 0 Å². The normalized spacial score (nSPS) is 26.2. The van der Waals surface area contributed by atoms with Crippen molar-refractivity contribution < 1.29 is 27.9 Å². The Bertz CT molecular complexity index is 387. The summed E-state index contributed by atoms with van der Waals surface area (Å²) >= 11 is 0. The molecule has 0 heterocycles. The molecular weight excluding hydrogens is 289 g/mol. The number of hydrogen-bond donors (Lipinski definition) is 2. The summed E-state index contributed by atoms with van der Waals surface area (Å²) in [5.41, 5.74) is 0. The molecule has 0 aliphatic heterocycles. The van der Waals surface area contributed by atoms with Gasteiger partial charge in [-0.05, 0) is 18.3 Å². The average Bonchev–Trinajstić information content (AvgIpc) is 2.31. The van der Waals surface area contributed by atoms with E-state index in [-0.39, 0.29) is 16.9 Å². The van der Waals surface area contributed by atoms with Crippen LogP contribution in [-0.2, 0) is 4.79 Å². The Balaban J connectivity index is 2.69. The van der Waals surface area contributed by atoms with Crippen LogP contribution in [0.5, 0.6) is 0 Å². The maximum absolute atomic E-state index is 12.4. The zero-order chi connectivity index (χ0) is 16.2. The van der Waals surface area contributed by atoms with E-state index in [4.69, 9.17) is 5.11 Å². The van der Waals surface area contributed by atoms with Gasteiger partial charge in [0, 0.05) is 6.04 Å². The number of nitrogens with zero attached hydrogens (tertiary/aromatic N) is 1. The second-order valence-corrected chi connectivity index (χ2v) is 5.69. The molecule has 8 heteroatoms. The molecule has 5 nitrogen and oxygen atoms in total. The maximum atomic E-state index is 12.4. The lowest BCUT2D eigenvalue weighted by molar-refractivity contribution is -0.149. The van der Waals surface area contributed by atoms with Crippen LogP contribution < -0.4 is 5.32 Å². The highest BCUT2D eigenvalue weighted by Gasteiger charge is 2.36. The molecule has 0 saturated heterocycles. The van der Waals surface area contributed by atoms with E-state index >= 15 is 0 Å². The number of alkyl halides is 3. The monoisotopic (exact) mass is 310 g/mol. The van der Waals surface area contributed by atoms with Crippen LogP contribution >= 0.6 is 0 Å². The van der Waals surface area contributed by atoms with E-state index in [2.05, 4.69) is 5.32 Å². The highest BCUT2D eigenvalue weighted by Crippen LogP contribution is 2.29. The quantitative estimate of drug-likeness (QED) is 0.838. The van der Waals surface area contributed by atoms with Gasteiger partial charge in [0.1, 0.15) is 13.1 Å². The van der Waals surface area contributed by atoms with Crippen molar-refractivity contribution in [3.63, 3.8) is 0 Å². The van der Waals surface area contributed by atoms with Gasteiger partial charge < -0.3 is 15.3 Å². The molecule has 0 bridgehead atoms. The molecular formula is C13H21F3N2O3. The summed E-state index contributed by atoms with van der Waals surface area (Å²) in [6, 6.07) is -1.19. The number of amides is 2. The number of hydrogen-bond acceptors (Lipinski definition) is 2. The molecule has 1 aliphatic carbocycles. The minimum Gasteiger partial charge on any atom is -0.480 e. The van der Waals surface area contributed by atoms with E-state index in [0.29, 0.717) is 12.3 Å². The lowest BCUT2D eigenvalue weighted by Crippen LogP contribution is -2.52. The first kappa shape index (κ1) is 17.6. The Hall–Kier alpha value is -1.47. The number of carbonyl (C=O) groups excluding carboxylic acids is 1. The fourth-order valence-electron chi connectivity index (χ4n) is 2.61. The molecule has 122 valence electrons. The molecule has 1 aliphatic rings. The molecule has 0 spiro atoms. The van der Waals surface area contributed by atoms with Crippen molar-refractivity contribution in [2.75, 3.05) is 13.1 Å². The molecule has 1 rings (SSSR count). The minimum atomic E-state index is -4.63. The number of carbonyl (C=O) groups is 2. The number of halogens is 3. The third kappa shape index (κ3) is 5.81. The van der Waals surface area contributed by atoms with E-state index in [9.17, 15) is 22.8 Å². The van der Waals surface area contributed by atoms with Gasteiger partial charge in [-0.15, -0.1) is 0 Å². The summed E-state index contributed by atoms with van der Waals surface area (Å²) < 4.78 is 37.3. The van der Waals surface area contributed by atoms with Gasteiger partial charge in [-0.2, -0.15) is 13.2 Å². The second-order valence-electron chi connectivity index (χ2n) is 5.69. The summed E-state index contributed by atoms with van der Waals surface area (Å²) in [6.07, 6.45) is -2.01. The van der Waals surface area contributed by atoms with Crippen molar-refractivity contribution in [3.8, 4) is 0 Å². The Morgan fingerprint density at radius 2 is 1.90 bits per heavy atom. The van der Waals surface area contributed by atoms with Crippen LogP contribution in [0.2, 0.25) is 0 Å². The molecule has 2 N–H and O–H groups in total. The molecule has 3 unspecified atom stereocenters. The summed E-state index contributed by atoms with van der Waals surface area (Å²) in [7, 11) is 0. The fourth-order valence-corrected chi connectivity index (χ4v) is 2.61. The number of nitrogens with one attached hydrogen (secondary N) is 1. The highest BCUT2D eigenvalue weighted by molar-refractivity contribution is 5.80. The summed E-state index contributed by atoms with van der Waals surface area (Å²) in [4.78, 5) is 22.8. The van der Waals surface area contributed by atoms with E-state index < -0.39 is 31.3 Å². The lowest BCUT2D eigenvalue weighted by Gasteiger charge is -2.36. The predicted molar refractivity (Wildman–Crippen MR) is 69.8 cm³/mol. The molecule has 3 atom stereocenters. The molecule has 0 aromatic heterocycles. The third-order valence-corrected chi connectivity index (χ3v) is 4.00. The molecule has 2 amide bonds. The van der Waals surface area contributed by atoms with E-state index in [0.717, 1.165) is 12.8 Å². The number of urea groups is 1. The summed E-state index contributed by atoms with van der Waals surface area (Å²) in [5.74, 6) is -0.945. The minimum absolute atomic E-state index is 0.153. The van der Waals surface area contributed by atoms with E-state index in [1.165, 1.54) is 0 Å².